The first kappa shape index (κ1) is 25.1. The van der Waals surface area contributed by atoms with E-state index >= 15 is 0 Å². The van der Waals surface area contributed by atoms with Gasteiger partial charge < -0.3 is 20.1 Å². The van der Waals surface area contributed by atoms with Crippen LogP contribution in [0.25, 0.3) is 0 Å². The van der Waals surface area contributed by atoms with E-state index in [1.807, 2.05) is 20.8 Å². The van der Waals surface area contributed by atoms with Crippen molar-refractivity contribution in [3.63, 3.8) is 0 Å². The van der Waals surface area contributed by atoms with Gasteiger partial charge in [0.1, 0.15) is 0 Å². The largest absolute Gasteiger partial charge is 0.452 e. The van der Waals surface area contributed by atoms with Crippen LogP contribution in [-0.2, 0) is 24.5 Å². The van der Waals surface area contributed by atoms with E-state index in [-0.39, 0.29) is 28.6 Å². The normalized spacial score (nSPS) is 11.2. The summed E-state index contributed by atoms with van der Waals surface area (Å²) in [6, 6.07) is 4.42. The van der Waals surface area contributed by atoms with Gasteiger partial charge in [-0.15, -0.1) is 0 Å². The zero-order chi connectivity index (χ0) is 23.1. The first-order valence-corrected chi connectivity index (χ1v) is 9.88. The second-order valence-electron chi connectivity index (χ2n) is 8.65. The molecule has 0 fully saturated rings. The summed E-state index contributed by atoms with van der Waals surface area (Å²) < 4.78 is 10.1. The van der Waals surface area contributed by atoms with Crippen LogP contribution >= 0.6 is 0 Å². The number of nitrogens with one attached hydrogen (secondary N) is 2. The monoisotopic (exact) mass is 420 g/mol. The molecule has 2 N–H and O–H groups in total. The summed E-state index contributed by atoms with van der Waals surface area (Å²) in [7, 11) is 0. The van der Waals surface area contributed by atoms with Gasteiger partial charge in [-0.2, -0.15) is 0 Å². The Kier molecular flexibility index (Phi) is 9.01. The second-order valence-corrected chi connectivity index (χ2v) is 8.65. The van der Waals surface area contributed by atoms with E-state index in [2.05, 4.69) is 10.6 Å². The van der Waals surface area contributed by atoms with Crippen LogP contribution in [0.3, 0.4) is 0 Å². The zero-order valence-corrected chi connectivity index (χ0v) is 18.8. The maximum Gasteiger partial charge on any atom is 0.338 e. The molecule has 8 heteroatoms. The lowest BCUT2D eigenvalue weighted by molar-refractivity contribution is -0.125. The molecular weight excluding hydrogens is 388 g/mol. The summed E-state index contributed by atoms with van der Waals surface area (Å²) in [6.07, 6.45) is 0. The molecule has 0 heterocycles. The predicted octanol–water partition coefficient (Wildman–Crippen LogP) is 2.35. The van der Waals surface area contributed by atoms with Crippen molar-refractivity contribution in [1.29, 1.82) is 0 Å². The molecule has 0 unspecified atom stereocenters. The standard InChI is InChI=1S/C22H32N2O6/c1-13(2)23-18(25)11-29-20(27)15-8-16(10-17(9-15)22(5,6)7)21(28)30-12-19(26)24-14(3)4/h8-10,13-14H,11-12H2,1-7H3,(H,23,25)(H,24,26). The molecule has 8 nitrogen and oxygen atoms in total. The minimum atomic E-state index is -0.730. The topological polar surface area (TPSA) is 111 Å². The number of hydrogen-bond donors (Lipinski definition) is 2. The molecule has 0 atom stereocenters. The molecule has 0 spiro atoms. The minimum Gasteiger partial charge on any atom is -0.452 e. The van der Waals surface area contributed by atoms with E-state index in [0.29, 0.717) is 5.56 Å². The van der Waals surface area contributed by atoms with Crippen molar-refractivity contribution in [2.24, 2.45) is 0 Å². The Labute approximate surface area is 177 Å². The zero-order valence-electron chi connectivity index (χ0n) is 18.8. The van der Waals surface area contributed by atoms with Crippen molar-refractivity contribution >= 4 is 23.8 Å². The van der Waals surface area contributed by atoms with Crippen molar-refractivity contribution in [1.82, 2.24) is 10.6 Å². The maximum atomic E-state index is 12.5. The summed E-state index contributed by atoms with van der Waals surface area (Å²) in [5.74, 6) is -2.29. The SMILES string of the molecule is CC(C)NC(=O)COC(=O)c1cc(C(=O)OCC(=O)NC(C)C)cc(C(C)(C)C)c1. The molecule has 0 aliphatic heterocycles. The molecule has 0 aromatic heterocycles. The summed E-state index contributed by atoms with van der Waals surface area (Å²) in [4.78, 5) is 48.3. The van der Waals surface area contributed by atoms with Crippen LogP contribution in [0.5, 0.6) is 0 Å². The molecule has 0 bridgehead atoms. The summed E-state index contributed by atoms with van der Waals surface area (Å²) in [6.45, 7) is 12.1. The number of amides is 2. The molecule has 0 radical (unpaired) electrons. The highest BCUT2D eigenvalue weighted by Gasteiger charge is 2.22. The smallest absolute Gasteiger partial charge is 0.338 e. The van der Waals surface area contributed by atoms with Gasteiger partial charge in [0.25, 0.3) is 11.8 Å². The van der Waals surface area contributed by atoms with Crippen LogP contribution in [0.4, 0.5) is 0 Å². The maximum absolute atomic E-state index is 12.5. The lowest BCUT2D eigenvalue weighted by Gasteiger charge is -2.21. The van der Waals surface area contributed by atoms with Gasteiger partial charge in [-0.05, 0) is 56.9 Å². The Bertz CT molecular complexity index is 737. The van der Waals surface area contributed by atoms with Gasteiger partial charge in [0.05, 0.1) is 11.1 Å². The Morgan fingerprint density at radius 3 is 1.43 bits per heavy atom. The molecule has 1 aromatic carbocycles. The molecule has 0 aliphatic rings. The van der Waals surface area contributed by atoms with Crippen molar-refractivity contribution in [2.75, 3.05) is 13.2 Å². The Hall–Kier alpha value is -2.90. The highest BCUT2D eigenvalue weighted by atomic mass is 16.5. The number of esters is 2. The Morgan fingerprint density at radius 1 is 0.767 bits per heavy atom. The van der Waals surface area contributed by atoms with E-state index in [9.17, 15) is 19.2 Å². The van der Waals surface area contributed by atoms with Crippen molar-refractivity contribution in [3.8, 4) is 0 Å². The molecule has 2 amide bonds. The average Bonchev–Trinajstić information content (AvgIpc) is 2.61. The fourth-order valence-corrected chi connectivity index (χ4v) is 2.45. The Balaban J connectivity index is 3.00. The average molecular weight is 421 g/mol. The molecule has 166 valence electrons. The highest BCUT2D eigenvalue weighted by molar-refractivity contribution is 5.97. The van der Waals surface area contributed by atoms with Crippen LogP contribution in [0.2, 0.25) is 0 Å². The van der Waals surface area contributed by atoms with E-state index in [4.69, 9.17) is 9.47 Å². The van der Waals surface area contributed by atoms with Gasteiger partial charge in [-0.1, -0.05) is 20.8 Å². The van der Waals surface area contributed by atoms with Crippen molar-refractivity contribution < 1.29 is 28.7 Å². The van der Waals surface area contributed by atoms with E-state index < -0.39 is 37.0 Å². The lowest BCUT2D eigenvalue weighted by Crippen LogP contribution is -2.34. The predicted molar refractivity (Wildman–Crippen MR) is 112 cm³/mol. The van der Waals surface area contributed by atoms with Gasteiger partial charge >= 0.3 is 11.9 Å². The Morgan fingerprint density at radius 2 is 1.13 bits per heavy atom. The van der Waals surface area contributed by atoms with E-state index in [1.54, 1.807) is 39.8 Å². The van der Waals surface area contributed by atoms with Gasteiger partial charge in [0.2, 0.25) is 0 Å². The van der Waals surface area contributed by atoms with Crippen LogP contribution in [0.1, 0.15) is 74.7 Å². The number of ether oxygens (including phenoxy) is 2. The third kappa shape index (κ3) is 8.63. The molecule has 0 saturated carbocycles. The highest BCUT2D eigenvalue weighted by Crippen LogP contribution is 2.25. The fraction of sp³-hybridized carbons (Fsp3) is 0.545. The number of carbonyl (C=O) groups is 4. The van der Waals surface area contributed by atoms with Crippen LogP contribution < -0.4 is 10.6 Å². The fourth-order valence-electron chi connectivity index (χ4n) is 2.45. The van der Waals surface area contributed by atoms with Crippen molar-refractivity contribution in [3.05, 3.63) is 34.9 Å². The van der Waals surface area contributed by atoms with Gasteiger partial charge in [0, 0.05) is 12.1 Å². The van der Waals surface area contributed by atoms with Crippen LogP contribution in [0, 0.1) is 0 Å². The number of benzene rings is 1. The molecule has 1 aromatic rings. The second kappa shape index (κ2) is 10.8. The molecule has 0 aliphatic carbocycles. The van der Waals surface area contributed by atoms with Gasteiger partial charge in [-0.25, -0.2) is 9.59 Å². The summed E-state index contributed by atoms with van der Waals surface area (Å²) in [5.41, 5.74) is 0.592. The van der Waals surface area contributed by atoms with E-state index in [1.165, 1.54) is 6.07 Å². The molecular formula is C22H32N2O6. The number of carbonyl (C=O) groups excluding carboxylic acids is 4. The summed E-state index contributed by atoms with van der Waals surface area (Å²) >= 11 is 0. The third-order valence-electron chi connectivity index (χ3n) is 3.84. The first-order valence-electron chi connectivity index (χ1n) is 9.88. The molecule has 0 saturated heterocycles. The van der Waals surface area contributed by atoms with Crippen LogP contribution in [0.15, 0.2) is 18.2 Å². The van der Waals surface area contributed by atoms with Crippen LogP contribution in [-0.4, -0.2) is 49.1 Å². The number of rotatable bonds is 8. The van der Waals surface area contributed by atoms with Gasteiger partial charge in [0.15, 0.2) is 13.2 Å². The quantitative estimate of drug-likeness (QED) is 0.625. The molecule has 1 rings (SSSR count). The van der Waals surface area contributed by atoms with Crippen molar-refractivity contribution in [2.45, 2.75) is 66.0 Å². The lowest BCUT2D eigenvalue weighted by atomic mass is 9.85. The summed E-state index contributed by atoms with van der Waals surface area (Å²) in [5, 5.41) is 5.25. The van der Waals surface area contributed by atoms with Gasteiger partial charge in [-0.3, -0.25) is 9.59 Å². The first-order chi connectivity index (χ1) is 13.8. The minimum absolute atomic E-state index is 0.0744. The number of hydrogen-bond acceptors (Lipinski definition) is 6. The molecule has 30 heavy (non-hydrogen) atoms. The van der Waals surface area contributed by atoms with E-state index in [0.717, 1.165) is 0 Å². The third-order valence-corrected chi connectivity index (χ3v) is 3.84.